The zero-order valence-electron chi connectivity index (χ0n) is 13.9. The lowest BCUT2D eigenvalue weighted by molar-refractivity contribution is 0.0256. The molecule has 1 aromatic rings. The minimum Gasteiger partial charge on any atom is -0.444 e. The van der Waals surface area contributed by atoms with Gasteiger partial charge in [-0.3, -0.25) is 0 Å². The highest BCUT2D eigenvalue weighted by Gasteiger charge is 2.25. The minimum atomic E-state index is -0.486. The molecule has 23 heavy (non-hydrogen) atoms. The fraction of sp³-hybridized carbons (Fsp3) is 0.588. The summed E-state index contributed by atoms with van der Waals surface area (Å²) in [6.07, 6.45) is 2.26. The van der Waals surface area contributed by atoms with Crippen molar-refractivity contribution in [2.24, 2.45) is 0 Å². The molecule has 1 fully saturated rings. The molecule has 0 aromatic heterocycles. The van der Waals surface area contributed by atoms with Crippen molar-refractivity contribution in [2.75, 3.05) is 18.4 Å². The van der Waals surface area contributed by atoms with Gasteiger partial charge in [-0.2, -0.15) is 0 Å². The maximum absolute atomic E-state index is 13.8. The average Bonchev–Trinajstić information content (AvgIpc) is 2.67. The number of carbonyl (C=O) groups is 1. The van der Waals surface area contributed by atoms with E-state index in [4.69, 9.17) is 4.74 Å². The summed E-state index contributed by atoms with van der Waals surface area (Å²) in [7, 11) is 0. The van der Waals surface area contributed by atoms with Crippen LogP contribution in [0.25, 0.3) is 0 Å². The van der Waals surface area contributed by atoms with E-state index in [1.807, 2.05) is 20.8 Å². The van der Waals surface area contributed by atoms with Crippen LogP contribution >= 0.6 is 15.9 Å². The number of anilines is 1. The van der Waals surface area contributed by atoms with Crippen molar-refractivity contribution in [2.45, 2.75) is 51.7 Å². The zero-order chi connectivity index (χ0) is 17.0. The van der Waals surface area contributed by atoms with Crippen LogP contribution < -0.4 is 5.32 Å². The Bertz CT molecular complexity index is 560. The van der Waals surface area contributed by atoms with Gasteiger partial charge in [-0.25, -0.2) is 9.18 Å². The van der Waals surface area contributed by atoms with Crippen LogP contribution in [0.3, 0.4) is 0 Å². The second kappa shape index (κ2) is 7.51. The summed E-state index contributed by atoms with van der Waals surface area (Å²) in [6.45, 7) is 6.88. The fourth-order valence-corrected chi connectivity index (χ4v) is 2.94. The number of benzene rings is 1. The number of halogens is 2. The zero-order valence-corrected chi connectivity index (χ0v) is 15.5. The number of ether oxygens (including phenoxy) is 1. The van der Waals surface area contributed by atoms with Gasteiger partial charge in [-0.15, -0.1) is 0 Å². The van der Waals surface area contributed by atoms with Gasteiger partial charge in [0, 0.05) is 23.6 Å². The maximum Gasteiger partial charge on any atom is 0.410 e. The molecule has 6 heteroatoms. The SMILES string of the molecule is CC(C)(C)OC(=O)N1CCCC(Nc2cc(Br)ccc2F)CC1. The third-order valence-electron chi connectivity index (χ3n) is 3.67. The molecular formula is C17H24BrFN2O2. The lowest BCUT2D eigenvalue weighted by Crippen LogP contribution is -2.37. The first kappa shape index (κ1) is 18.0. The highest BCUT2D eigenvalue weighted by Crippen LogP contribution is 2.24. The third kappa shape index (κ3) is 5.68. The molecule has 1 unspecified atom stereocenters. The normalized spacial score (nSPS) is 19.2. The van der Waals surface area contributed by atoms with Gasteiger partial charge in [0.15, 0.2) is 0 Å². The van der Waals surface area contributed by atoms with Crippen LogP contribution in [0.1, 0.15) is 40.0 Å². The van der Waals surface area contributed by atoms with Crippen LogP contribution in [0.2, 0.25) is 0 Å². The van der Waals surface area contributed by atoms with E-state index in [0.29, 0.717) is 18.8 Å². The predicted octanol–water partition coefficient (Wildman–Crippen LogP) is 4.79. The smallest absolute Gasteiger partial charge is 0.410 e. The Hall–Kier alpha value is -1.30. The first-order chi connectivity index (χ1) is 10.7. The Morgan fingerprint density at radius 3 is 2.78 bits per heavy atom. The second-order valence-electron chi connectivity index (χ2n) is 6.86. The van der Waals surface area contributed by atoms with Crippen molar-refractivity contribution in [1.82, 2.24) is 4.90 Å². The van der Waals surface area contributed by atoms with Gasteiger partial charge in [-0.1, -0.05) is 15.9 Å². The van der Waals surface area contributed by atoms with Crippen LogP contribution in [0, 0.1) is 5.82 Å². The summed E-state index contributed by atoms with van der Waals surface area (Å²) in [6, 6.07) is 5.01. The van der Waals surface area contributed by atoms with Crippen LogP contribution in [-0.4, -0.2) is 35.7 Å². The van der Waals surface area contributed by atoms with E-state index in [2.05, 4.69) is 21.2 Å². The van der Waals surface area contributed by atoms with Crippen molar-refractivity contribution in [3.63, 3.8) is 0 Å². The summed E-state index contributed by atoms with van der Waals surface area (Å²) >= 11 is 3.36. The maximum atomic E-state index is 13.8. The molecule has 1 amide bonds. The summed E-state index contributed by atoms with van der Waals surface area (Å²) in [5.74, 6) is -0.263. The van der Waals surface area contributed by atoms with E-state index >= 15 is 0 Å². The van der Waals surface area contributed by atoms with E-state index in [1.165, 1.54) is 6.07 Å². The Kier molecular flexibility index (Phi) is 5.89. The molecule has 1 aromatic carbocycles. The molecule has 0 spiro atoms. The molecule has 1 aliphatic heterocycles. The van der Waals surface area contributed by atoms with Crippen molar-refractivity contribution in [3.05, 3.63) is 28.5 Å². The first-order valence-electron chi connectivity index (χ1n) is 7.94. The molecule has 0 radical (unpaired) electrons. The topological polar surface area (TPSA) is 41.6 Å². The van der Waals surface area contributed by atoms with Gasteiger partial charge in [-0.05, 0) is 58.2 Å². The predicted molar refractivity (Wildman–Crippen MR) is 93.2 cm³/mol. The molecule has 1 saturated heterocycles. The fourth-order valence-electron chi connectivity index (χ4n) is 2.58. The molecule has 0 aliphatic carbocycles. The van der Waals surface area contributed by atoms with Gasteiger partial charge >= 0.3 is 6.09 Å². The Labute approximate surface area is 145 Å². The Morgan fingerprint density at radius 2 is 2.09 bits per heavy atom. The van der Waals surface area contributed by atoms with Gasteiger partial charge in [0.1, 0.15) is 11.4 Å². The van der Waals surface area contributed by atoms with E-state index < -0.39 is 5.60 Å². The summed E-state index contributed by atoms with van der Waals surface area (Å²) in [4.78, 5) is 13.9. The summed E-state index contributed by atoms with van der Waals surface area (Å²) in [5.41, 5.74) is 0.00982. The molecule has 1 atom stereocenters. The highest BCUT2D eigenvalue weighted by atomic mass is 79.9. The van der Waals surface area contributed by atoms with E-state index in [1.54, 1.807) is 17.0 Å². The van der Waals surface area contributed by atoms with Gasteiger partial charge in [0.2, 0.25) is 0 Å². The molecule has 1 aliphatic rings. The molecule has 1 N–H and O–H groups in total. The summed E-state index contributed by atoms with van der Waals surface area (Å²) in [5, 5.41) is 3.25. The molecule has 2 rings (SSSR count). The van der Waals surface area contributed by atoms with Gasteiger partial charge in [0.05, 0.1) is 5.69 Å². The lowest BCUT2D eigenvalue weighted by atomic mass is 10.1. The number of likely N-dealkylation sites (tertiary alicyclic amines) is 1. The second-order valence-corrected chi connectivity index (χ2v) is 7.78. The Morgan fingerprint density at radius 1 is 1.35 bits per heavy atom. The minimum absolute atomic E-state index is 0.145. The summed E-state index contributed by atoms with van der Waals surface area (Å²) < 4.78 is 20.1. The number of amides is 1. The van der Waals surface area contributed by atoms with Crippen LogP contribution in [0.15, 0.2) is 22.7 Å². The number of carbonyl (C=O) groups excluding carboxylic acids is 1. The number of nitrogens with zero attached hydrogens (tertiary/aromatic N) is 1. The molecule has 1 heterocycles. The number of rotatable bonds is 2. The number of hydrogen-bond acceptors (Lipinski definition) is 3. The monoisotopic (exact) mass is 386 g/mol. The van der Waals surface area contributed by atoms with E-state index in [-0.39, 0.29) is 18.0 Å². The van der Waals surface area contributed by atoms with E-state index in [9.17, 15) is 9.18 Å². The van der Waals surface area contributed by atoms with Crippen LogP contribution in [-0.2, 0) is 4.74 Å². The van der Waals surface area contributed by atoms with E-state index in [0.717, 1.165) is 23.7 Å². The molecular weight excluding hydrogens is 363 g/mol. The Balaban J connectivity index is 1.93. The molecule has 0 saturated carbocycles. The van der Waals surface area contributed by atoms with Crippen LogP contribution in [0.4, 0.5) is 14.9 Å². The van der Waals surface area contributed by atoms with Crippen molar-refractivity contribution < 1.29 is 13.9 Å². The largest absolute Gasteiger partial charge is 0.444 e. The average molecular weight is 387 g/mol. The standard InChI is InChI=1S/C17H24BrFN2O2/c1-17(2,3)23-16(22)21-9-4-5-13(8-10-21)20-15-11-12(18)6-7-14(15)19/h6-7,11,13,20H,4-5,8-10H2,1-3H3. The quantitative estimate of drug-likeness (QED) is 0.794. The first-order valence-corrected chi connectivity index (χ1v) is 8.73. The lowest BCUT2D eigenvalue weighted by Gasteiger charge is -2.26. The van der Waals surface area contributed by atoms with Crippen molar-refractivity contribution >= 4 is 27.7 Å². The highest BCUT2D eigenvalue weighted by molar-refractivity contribution is 9.10. The van der Waals surface area contributed by atoms with Gasteiger partial charge in [0.25, 0.3) is 0 Å². The molecule has 0 bridgehead atoms. The number of hydrogen-bond donors (Lipinski definition) is 1. The molecule has 4 nitrogen and oxygen atoms in total. The van der Waals surface area contributed by atoms with Crippen molar-refractivity contribution in [3.8, 4) is 0 Å². The van der Waals surface area contributed by atoms with Crippen LogP contribution in [0.5, 0.6) is 0 Å². The molecule has 128 valence electrons. The van der Waals surface area contributed by atoms with Gasteiger partial charge < -0.3 is 15.0 Å². The van der Waals surface area contributed by atoms with Crippen molar-refractivity contribution in [1.29, 1.82) is 0 Å². The third-order valence-corrected chi connectivity index (χ3v) is 4.16. The number of nitrogens with one attached hydrogen (secondary N) is 1.